The largest absolute Gasteiger partial charge is 0.465 e. The van der Waals surface area contributed by atoms with Crippen LogP contribution >= 0.6 is 0 Å². The highest BCUT2D eigenvalue weighted by Gasteiger charge is 2.26. The Hall–Kier alpha value is -3.68. The van der Waals surface area contributed by atoms with E-state index >= 15 is 0 Å². The minimum Gasteiger partial charge on any atom is -0.465 e. The Kier molecular flexibility index (Phi) is 7.30. The van der Waals surface area contributed by atoms with Gasteiger partial charge in [-0.25, -0.2) is 14.4 Å². The fourth-order valence-electron chi connectivity index (χ4n) is 2.89. The third kappa shape index (κ3) is 5.02. The van der Waals surface area contributed by atoms with E-state index in [0.717, 1.165) is 0 Å². The van der Waals surface area contributed by atoms with E-state index in [0.29, 0.717) is 22.4 Å². The standard InChI is InChI=1S/C22H23NO7/c1-12-18(22(27)29-5)13(2)23-19(12)20(25)14(3)30-17(24)11-8-15-6-9-16(10-7-15)21(26)28-4/h6-11,14,23H,1-5H3/b11-8+/t14-/m1/s1. The first kappa shape index (κ1) is 22.6. The summed E-state index contributed by atoms with van der Waals surface area (Å²) in [4.78, 5) is 50.9. The molecule has 0 spiro atoms. The summed E-state index contributed by atoms with van der Waals surface area (Å²) in [5.41, 5.74) is 2.46. The number of aryl methyl sites for hydroxylation is 1. The van der Waals surface area contributed by atoms with Gasteiger partial charge >= 0.3 is 17.9 Å². The van der Waals surface area contributed by atoms with Crippen molar-refractivity contribution in [2.24, 2.45) is 0 Å². The second kappa shape index (κ2) is 9.69. The number of hydrogen-bond donors (Lipinski definition) is 1. The first-order chi connectivity index (χ1) is 14.2. The summed E-state index contributed by atoms with van der Waals surface area (Å²) < 4.78 is 14.5. The molecular weight excluding hydrogens is 390 g/mol. The number of rotatable bonds is 7. The lowest BCUT2D eigenvalue weighted by Gasteiger charge is -2.10. The molecule has 2 rings (SSSR count). The van der Waals surface area contributed by atoms with Crippen LogP contribution in [-0.2, 0) is 19.0 Å². The zero-order valence-electron chi connectivity index (χ0n) is 17.4. The predicted octanol–water partition coefficient (Wildman–Crippen LogP) is 3.03. The Labute approximate surface area is 173 Å². The summed E-state index contributed by atoms with van der Waals surface area (Å²) in [5, 5.41) is 0. The first-order valence-corrected chi connectivity index (χ1v) is 9.08. The van der Waals surface area contributed by atoms with Crippen LogP contribution in [0.1, 0.15) is 54.9 Å². The quantitative estimate of drug-likeness (QED) is 0.321. The molecule has 0 unspecified atom stereocenters. The lowest BCUT2D eigenvalue weighted by Crippen LogP contribution is -2.24. The molecule has 8 heteroatoms. The van der Waals surface area contributed by atoms with Gasteiger partial charge in [-0.15, -0.1) is 0 Å². The van der Waals surface area contributed by atoms with Crippen molar-refractivity contribution in [3.05, 3.63) is 64.0 Å². The number of nitrogens with one attached hydrogen (secondary N) is 1. The van der Waals surface area contributed by atoms with Gasteiger partial charge in [0.1, 0.15) is 0 Å². The van der Waals surface area contributed by atoms with Crippen molar-refractivity contribution in [3.8, 4) is 0 Å². The molecule has 8 nitrogen and oxygen atoms in total. The molecule has 0 amide bonds. The molecule has 30 heavy (non-hydrogen) atoms. The molecule has 1 atom stereocenters. The highest BCUT2D eigenvalue weighted by atomic mass is 16.5. The molecule has 1 heterocycles. The zero-order chi connectivity index (χ0) is 22.4. The Morgan fingerprint density at radius 2 is 1.57 bits per heavy atom. The van der Waals surface area contributed by atoms with Crippen LogP contribution < -0.4 is 0 Å². The molecular formula is C22H23NO7. The van der Waals surface area contributed by atoms with Gasteiger partial charge in [-0.2, -0.15) is 0 Å². The van der Waals surface area contributed by atoms with Gasteiger partial charge in [-0.3, -0.25) is 4.79 Å². The van der Waals surface area contributed by atoms with Gasteiger partial charge < -0.3 is 19.2 Å². The molecule has 0 aliphatic heterocycles. The summed E-state index contributed by atoms with van der Waals surface area (Å²) in [6.07, 6.45) is 1.62. The molecule has 1 N–H and O–H groups in total. The van der Waals surface area contributed by atoms with E-state index in [4.69, 9.17) is 9.47 Å². The molecule has 158 valence electrons. The Morgan fingerprint density at radius 1 is 0.967 bits per heavy atom. The van der Waals surface area contributed by atoms with Crippen LogP contribution in [0.15, 0.2) is 30.3 Å². The van der Waals surface area contributed by atoms with Crippen molar-refractivity contribution >= 4 is 29.8 Å². The number of ketones is 1. The van der Waals surface area contributed by atoms with E-state index in [1.54, 1.807) is 38.1 Å². The topological polar surface area (TPSA) is 112 Å². The van der Waals surface area contributed by atoms with E-state index in [2.05, 4.69) is 9.72 Å². The van der Waals surface area contributed by atoms with E-state index in [1.807, 2.05) is 0 Å². The van der Waals surface area contributed by atoms with Crippen molar-refractivity contribution < 1.29 is 33.4 Å². The Bertz CT molecular complexity index is 999. The lowest BCUT2D eigenvalue weighted by atomic mass is 10.1. The summed E-state index contributed by atoms with van der Waals surface area (Å²) in [6, 6.07) is 6.42. The van der Waals surface area contributed by atoms with Gasteiger partial charge in [0, 0.05) is 11.8 Å². The van der Waals surface area contributed by atoms with Crippen LogP contribution in [0, 0.1) is 13.8 Å². The maximum absolute atomic E-state index is 12.7. The number of benzene rings is 1. The highest BCUT2D eigenvalue weighted by Crippen LogP contribution is 2.21. The number of methoxy groups -OCH3 is 2. The predicted molar refractivity (Wildman–Crippen MR) is 108 cm³/mol. The molecule has 2 aromatic rings. The SMILES string of the molecule is COC(=O)c1ccc(/C=C/C(=O)O[C@H](C)C(=O)c2[nH]c(C)c(C(=O)OC)c2C)cc1. The highest BCUT2D eigenvalue weighted by molar-refractivity contribution is 6.04. The maximum Gasteiger partial charge on any atom is 0.339 e. The average molecular weight is 413 g/mol. The van der Waals surface area contributed by atoms with E-state index in [1.165, 1.54) is 33.3 Å². The van der Waals surface area contributed by atoms with Crippen LogP contribution in [0.25, 0.3) is 6.08 Å². The van der Waals surface area contributed by atoms with E-state index in [9.17, 15) is 19.2 Å². The fourth-order valence-corrected chi connectivity index (χ4v) is 2.89. The summed E-state index contributed by atoms with van der Waals surface area (Å²) in [5.74, 6) is -2.18. The number of esters is 3. The van der Waals surface area contributed by atoms with Crippen LogP contribution in [0.5, 0.6) is 0 Å². The smallest absolute Gasteiger partial charge is 0.339 e. The number of carbonyl (C=O) groups is 4. The minimum atomic E-state index is -1.06. The van der Waals surface area contributed by atoms with Crippen LogP contribution in [0.3, 0.4) is 0 Å². The van der Waals surface area contributed by atoms with Crippen molar-refractivity contribution in [2.75, 3.05) is 14.2 Å². The zero-order valence-corrected chi connectivity index (χ0v) is 17.4. The molecule has 0 bridgehead atoms. The molecule has 0 radical (unpaired) electrons. The number of hydrogen-bond acceptors (Lipinski definition) is 7. The average Bonchev–Trinajstić information content (AvgIpc) is 3.04. The molecule has 0 aliphatic rings. The molecule has 1 aromatic heterocycles. The van der Waals surface area contributed by atoms with Gasteiger partial charge in [-0.05, 0) is 50.1 Å². The van der Waals surface area contributed by atoms with Crippen LogP contribution in [-0.4, -0.2) is 49.0 Å². The minimum absolute atomic E-state index is 0.190. The molecule has 0 aliphatic carbocycles. The number of H-pyrrole nitrogens is 1. The molecule has 0 saturated carbocycles. The number of aromatic amines is 1. The van der Waals surface area contributed by atoms with Crippen molar-refractivity contribution in [3.63, 3.8) is 0 Å². The number of aromatic nitrogens is 1. The Morgan fingerprint density at radius 3 is 2.13 bits per heavy atom. The third-order valence-electron chi connectivity index (χ3n) is 4.48. The van der Waals surface area contributed by atoms with Crippen molar-refractivity contribution in [2.45, 2.75) is 26.9 Å². The normalized spacial score (nSPS) is 11.8. The van der Waals surface area contributed by atoms with Gasteiger partial charge in [0.05, 0.1) is 31.0 Å². The van der Waals surface area contributed by atoms with Crippen molar-refractivity contribution in [1.29, 1.82) is 0 Å². The summed E-state index contributed by atoms with van der Waals surface area (Å²) >= 11 is 0. The second-order valence-corrected chi connectivity index (χ2v) is 6.51. The van der Waals surface area contributed by atoms with Crippen molar-refractivity contribution in [1.82, 2.24) is 4.98 Å². The molecule has 0 fully saturated rings. The fraction of sp³-hybridized carbons (Fsp3) is 0.273. The van der Waals surface area contributed by atoms with Crippen LogP contribution in [0.4, 0.5) is 0 Å². The number of carbonyl (C=O) groups excluding carboxylic acids is 4. The summed E-state index contributed by atoms with van der Waals surface area (Å²) in [6.45, 7) is 4.73. The van der Waals surface area contributed by atoms with Gasteiger partial charge in [0.15, 0.2) is 6.10 Å². The lowest BCUT2D eigenvalue weighted by molar-refractivity contribution is -0.140. The number of Topliss-reactive ketones (excluding diaryl/α,β-unsaturated/α-hetero) is 1. The maximum atomic E-state index is 12.7. The Balaban J connectivity index is 2.05. The second-order valence-electron chi connectivity index (χ2n) is 6.51. The summed E-state index contributed by atoms with van der Waals surface area (Å²) in [7, 11) is 2.55. The first-order valence-electron chi connectivity index (χ1n) is 9.08. The molecule has 1 aromatic carbocycles. The molecule has 0 saturated heterocycles. The van der Waals surface area contributed by atoms with Gasteiger partial charge in [0.25, 0.3) is 0 Å². The van der Waals surface area contributed by atoms with Crippen LogP contribution in [0.2, 0.25) is 0 Å². The van der Waals surface area contributed by atoms with Gasteiger partial charge in [0.2, 0.25) is 5.78 Å². The number of ether oxygens (including phenoxy) is 3. The van der Waals surface area contributed by atoms with E-state index in [-0.39, 0.29) is 11.3 Å². The monoisotopic (exact) mass is 413 g/mol. The third-order valence-corrected chi connectivity index (χ3v) is 4.48. The van der Waals surface area contributed by atoms with Gasteiger partial charge in [-0.1, -0.05) is 12.1 Å². The van der Waals surface area contributed by atoms with E-state index < -0.39 is 29.8 Å².